The fraction of sp³-hybridized carbons (Fsp3) is 1.00. The summed E-state index contributed by atoms with van der Waals surface area (Å²) in [6.45, 7) is 0. The van der Waals surface area contributed by atoms with Gasteiger partial charge in [0.25, 0.3) is 0 Å². The Hall–Kier alpha value is 0.310. The van der Waals surface area contributed by atoms with Crippen molar-refractivity contribution in [3.05, 3.63) is 0 Å². The van der Waals surface area contributed by atoms with Crippen molar-refractivity contribution in [1.82, 2.24) is 0 Å². The standard InChI is InChI=1S/C2H6OS/c1-3-4-2/h1-2H3. The van der Waals surface area contributed by atoms with E-state index in [2.05, 4.69) is 4.18 Å². The topological polar surface area (TPSA) is 9.23 Å². The molecule has 0 spiro atoms. The molecule has 0 unspecified atom stereocenters. The third kappa shape index (κ3) is 2.31. The van der Waals surface area contributed by atoms with Gasteiger partial charge in [-0.15, -0.1) is 0 Å². The third-order valence-corrected chi connectivity index (χ3v) is 0.500. The highest BCUT2D eigenvalue weighted by Gasteiger charge is 1.52. The van der Waals surface area contributed by atoms with Crippen LogP contribution in [0.2, 0.25) is 0 Å². The molecule has 0 saturated heterocycles. The maximum atomic E-state index is 4.46. The molecule has 4 heavy (non-hydrogen) atoms. The number of rotatable bonds is 1. The molecule has 0 atom stereocenters. The molecule has 0 aliphatic rings. The van der Waals surface area contributed by atoms with Gasteiger partial charge in [0.05, 0.1) is 7.11 Å². The molecule has 0 saturated carbocycles. The van der Waals surface area contributed by atoms with Crippen molar-refractivity contribution in [3.63, 3.8) is 0 Å². The molecule has 0 rings (SSSR count). The van der Waals surface area contributed by atoms with Gasteiger partial charge < -0.3 is 4.18 Å². The van der Waals surface area contributed by atoms with Crippen LogP contribution in [0.3, 0.4) is 0 Å². The van der Waals surface area contributed by atoms with Crippen LogP contribution in [-0.4, -0.2) is 13.4 Å². The van der Waals surface area contributed by atoms with E-state index in [9.17, 15) is 0 Å². The summed E-state index contributed by atoms with van der Waals surface area (Å²) in [7, 11) is 1.64. The molecule has 0 N–H and O–H groups in total. The van der Waals surface area contributed by atoms with E-state index in [1.54, 1.807) is 7.11 Å². The van der Waals surface area contributed by atoms with Gasteiger partial charge in [0.2, 0.25) is 0 Å². The third-order valence-electron chi connectivity index (χ3n) is 0.167. The highest BCUT2D eigenvalue weighted by atomic mass is 32.2. The SMILES string of the molecule is COSC. The lowest BCUT2D eigenvalue weighted by Gasteiger charge is -1.74. The molecule has 0 heterocycles. The van der Waals surface area contributed by atoms with Crippen molar-refractivity contribution >= 4 is 12.0 Å². The van der Waals surface area contributed by atoms with Crippen LogP contribution in [0.25, 0.3) is 0 Å². The molecule has 0 aromatic heterocycles. The second-order valence-corrected chi connectivity index (χ2v) is 1.00. The Morgan fingerprint density at radius 2 is 2.00 bits per heavy atom. The fourth-order valence-corrected chi connectivity index (χ4v) is 0. The quantitative estimate of drug-likeness (QED) is 0.431. The van der Waals surface area contributed by atoms with Gasteiger partial charge in [-0.05, 0) is 12.0 Å². The average Bonchev–Trinajstić information content (AvgIpc) is 1.37. The van der Waals surface area contributed by atoms with Gasteiger partial charge in [-0.3, -0.25) is 0 Å². The second kappa shape index (κ2) is 3.31. The molecule has 0 amide bonds. The molecule has 0 aliphatic heterocycles. The Bertz CT molecular complexity index is 8.00. The average molecular weight is 78.1 g/mol. The monoisotopic (exact) mass is 78.0 g/mol. The molecule has 26 valence electrons. The lowest BCUT2D eigenvalue weighted by Crippen LogP contribution is -1.53. The van der Waals surface area contributed by atoms with Gasteiger partial charge in [0.1, 0.15) is 0 Å². The number of hydrogen-bond acceptors (Lipinski definition) is 2. The van der Waals surface area contributed by atoms with E-state index in [1.165, 1.54) is 12.0 Å². The van der Waals surface area contributed by atoms with E-state index < -0.39 is 0 Å². The van der Waals surface area contributed by atoms with Crippen molar-refractivity contribution in [2.75, 3.05) is 13.4 Å². The molecule has 0 bridgehead atoms. The van der Waals surface area contributed by atoms with Crippen molar-refractivity contribution in [1.29, 1.82) is 0 Å². The Labute approximate surface area is 30.5 Å². The molecule has 0 aromatic rings. The summed E-state index contributed by atoms with van der Waals surface area (Å²) in [6, 6.07) is 0. The minimum atomic E-state index is 1.36. The fourth-order valence-electron chi connectivity index (χ4n) is 0. The molecule has 1 nitrogen and oxygen atoms in total. The van der Waals surface area contributed by atoms with Crippen molar-refractivity contribution in [3.8, 4) is 0 Å². The summed E-state index contributed by atoms with van der Waals surface area (Å²) in [4.78, 5) is 0. The predicted molar refractivity (Wildman–Crippen MR) is 20.5 cm³/mol. The Kier molecular flexibility index (Phi) is 3.57. The smallest absolute Gasteiger partial charge is 0.0503 e. The maximum Gasteiger partial charge on any atom is 0.0503 e. The van der Waals surface area contributed by atoms with E-state index >= 15 is 0 Å². The van der Waals surface area contributed by atoms with Crippen LogP contribution in [-0.2, 0) is 4.18 Å². The first-order valence-corrected chi connectivity index (χ1v) is 2.13. The van der Waals surface area contributed by atoms with Crippen LogP contribution in [0.1, 0.15) is 0 Å². The first-order chi connectivity index (χ1) is 1.91. The van der Waals surface area contributed by atoms with Gasteiger partial charge in [-0.1, -0.05) is 0 Å². The Morgan fingerprint density at radius 1 is 1.75 bits per heavy atom. The molecular formula is C2H6OS. The molecular weight excluding hydrogens is 72.1 g/mol. The van der Waals surface area contributed by atoms with Gasteiger partial charge in [-0.2, -0.15) is 0 Å². The summed E-state index contributed by atoms with van der Waals surface area (Å²) >= 11 is 1.36. The van der Waals surface area contributed by atoms with Gasteiger partial charge >= 0.3 is 0 Å². The number of hydrogen-bond donors (Lipinski definition) is 0. The van der Waals surface area contributed by atoms with Crippen LogP contribution in [0.4, 0.5) is 0 Å². The Balaban J connectivity index is 1.97. The van der Waals surface area contributed by atoms with E-state index in [0.29, 0.717) is 0 Å². The largest absolute Gasteiger partial charge is 0.319 e. The zero-order chi connectivity index (χ0) is 3.41. The highest BCUT2D eigenvalue weighted by molar-refractivity contribution is 7.93. The summed E-state index contributed by atoms with van der Waals surface area (Å²) in [5.41, 5.74) is 0. The van der Waals surface area contributed by atoms with Crippen LogP contribution < -0.4 is 0 Å². The zero-order valence-corrected chi connectivity index (χ0v) is 3.63. The van der Waals surface area contributed by atoms with E-state index in [-0.39, 0.29) is 0 Å². The van der Waals surface area contributed by atoms with E-state index in [1.807, 2.05) is 6.26 Å². The van der Waals surface area contributed by atoms with Crippen LogP contribution in [0.15, 0.2) is 0 Å². The first-order valence-electron chi connectivity index (χ1n) is 0.983. The van der Waals surface area contributed by atoms with Crippen molar-refractivity contribution < 1.29 is 4.18 Å². The summed E-state index contributed by atoms with van der Waals surface area (Å²) < 4.78 is 4.46. The second-order valence-electron chi connectivity index (χ2n) is 0.333. The van der Waals surface area contributed by atoms with Gasteiger partial charge in [0, 0.05) is 6.26 Å². The lowest BCUT2D eigenvalue weighted by atomic mass is 11.8. The molecule has 0 aliphatic carbocycles. The molecule has 0 fully saturated rings. The molecule has 0 aromatic carbocycles. The van der Waals surface area contributed by atoms with Crippen LogP contribution in [0, 0.1) is 0 Å². The van der Waals surface area contributed by atoms with Gasteiger partial charge in [-0.25, -0.2) is 0 Å². The van der Waals surface area contributed by atoms with E-state index in [0.717, 1.165) is 0 Å². The lowest BCUT2D eigenvalue weighted by molar-refractivity contribution is 0.493. The van der Waals surface area contributed by atoms with Gasteiger partial charge in [0.15, 0.2) is 0 Å². The minimum absolute atomic E-state index is 1.36. The maximum absolute atomic E-state index is 4.46. The van der Waals surface area contributed by atoms with Crippen LogP contribution >= 0.6 is 12.0 Å². The first kappa shape index (κ1) is 4.31. The molecule has 2 heteroatoms. The van der Waals surface area contributed by atoms with Crippen LogP contribution in [0.5, 0.6) is 0 Å². The van der Waals surface area contributed by atoms with Crippen molar-refractivity contribution in [2.45, 2.75) is 0 Å². The highest BCUT2D eigenvalue weighted by Crippen LogP contribution is 1.84. The molecule has 0 radical (unpaired) electrons. The minimum Gasteiger partial charge on any atom is -0.319 e. The summed E-state index contributed by atoms with van der Waals surface area (Å²) in [6.07, 6.45) is 1.88. The summed E-state index contributed by atoms with van der Waals surface area (Å²) in [5.74, 6) is 0. The van der Waals surface area contributed by atoms with E-state index in [4.69, 9.17) is 0 Å². The normalized spacial score (nSPS) is 7.50. The zero-order valence-electron chi connectivity index (χ0n) is 2.82. The summed E-state index contributed by atoms with van der Waals surface area (Å²) in [5, 5.41) is 0. The Morgan fingerprint density at radius 3 is 2.00 bits per heavy atom. The predicted octanol–water partition coefficient (Wildman–Crippen LogP) is 0.911. The van der Waals surface area contributed by atoms with Crippen molar-refractivity contribution in [2.24, 2.45) is 0 Å².